The first-order valence-corrected chi connectivity index (χ1v) is 12.6. The van der Waals surface area contributed by atoms with Gasteiger partial charge in [-0.1, -0.05) is 18.2 Å². The van der Waals surface area contributed by atoms with Crippen molar-refractivity contribution in [1.29, 1.82) is 0 Å². The van der Waals surface area contributed by atoms with Crippen LogP contribution in [0.15, 0.2) is 72.1 Å². The molecular weight excluding hydrogens is 468 g/mol. The van der Waals surface area contributed by atoms with Gasteiger partial charge in [0, 0.05) is 68.6 Å². The molecule has 1 unspecified atom stereocenters. The molecule has 37 heavy (non-hydrogen) atoms. The Morgan fingerprint density at radius 1 is 1.05 bits per heavy atom. The van der Waals surface area contributed by atoms with E-state index in [1.54, 1.807) is 17.1 Å². The third-order valence-corrected chi connectivity index (χ3v) is 6.87. The number of carbonyl (C=O) groups is 1. The Morgan fingerprint density at radius 3 is 2.54 bits per heavy atom. The summed E-state index contributed by atoms with van der Waals surface area (Å²) < 4.78 is 7.37. The molecule has 3 aliphatic rings. The van der Waals surface area contributed by atoms with Gasteiger partial charge in [-0.05, 0) is 36.8 Å². The van der Waals surface area contributed by atoms with Gasteiger partial charge in [0.05, 0.1) is 24.6 Å². The summed E-state index contributed by atoms with van der Waals surface area (Å²) in [5.74, 6) is 0.620. The fourth-order valence-electron chi connectivity index (χ4n) is 4.74. The topological polar surface area (TPSA) is 99.9 Å². The molecule has 0 radical (unpaired) electrons. The number of aromatic nitrogens is 3. The minimum atomic E-state index is -1.21. The van der Waals surface area contributed by atoms with Crippen molar-refractivity contribution in [3.63, 3.8) is 0 Å². The summed E-state index contributed by atoms with van der Waals surface area (Å²) in [6.45, 7) is 4.08. The number of nitrogens with zero attached hydrogens (tertiary/aromatic N) is 6. The summed E-state index contributed by atoms with van der Waals surface area (Å²) in [7, 11) is 1.90. The SMILES string of the molecule is Cn1ccc(-c2cccc(C3=CC(Nc4ccncc4)(C(=O)N4CCC4)NC(N4CCOCC4)=N3)c2)n1. The number of hydrogen-bond acceptors (Lipinski definition) is 8. The van der Waals surface area contributed by atoms with E-state index in [9.17, 15) is 4.79 Å². The molecule has 10 heteroatoms. The van der Waals surface area contributed by atoms with Crippen LogP contribution in [0.1, 0.15) is 12.0 Å². The Labute approximate surface area is 215 Å². The van der Waals surface area contributed by atoms with E-state index in [0.29, 0.717) is 38.0 Å². The largest absolute Gasteiger partial charge is 0.378 e. The average molecular weight is 499 g/mol. The van der Waals surface area contributed by atoms with Crippen molar-refractivity contribution in [1.82, 2.24) is 29.9 Å². The molecule has 1 amide bonds. The highest BCUT2D eigenvalue weighted by Crippen LogP contribution is 2.31. The van der Waals surface area contributed by atoms with Crippen molar-refractivity contribution in [3.05, 3.63) is 72.7 Å². The lowest BCUT2D eigenvalue weighted by Gasteiger charge is -2.44. The predicted octanol–water partition coefficient (Wildman–Crippen LogP) is 2.16. The number of ether oxygens (including phenoxy) is 1. The van der Waals surface area contributed by atoms with Crippen molar-refractivity contribution in [2.45, 2.75) is 12.1 Å². The molecule has 3 aromatic rings. The highest BCUT2D eigenvalue weighted by Gasteiger charge is 2.45. The van der Waals surface area contributed by atoms with Gasteiger partial charge in [0.25, 0.3) is 5.91 Å². The van der Waals surface area contributed by atoms with E-state index in [-0.39, 0.29) is 5.91 Å². The van der Waals surface area contributed by atoms with E-state index < -0.39 is 5.66 Å². The summed E-state index contributed by atoms with van der Waals surface area (Å²) in [5, 5.41) is 11.5. The van der Waals surface area contributed by atoms with E-state index in [2.05, 4.69) is 31.7 Å². The number of anilines is 1. The molecule has 0 saturated carbocycles. The Kier molecular flexibility index (Phi) is 6.09. The third kappa shape index (κ3) is 4.67. The Balaban J connectivity index is 1.46. The fourth-order valence-corrected chi connectivity index (χ4v) is 4.74. The quantitative estimate of drug-likeness (QED) is 0.556. The molecule has 3 aliphatic heterocycles. The zero-order valence-electron chi connectivity index (χ0n) is 20.8. The van der Waals surface area contributed by atoms with Gasteiger partial charge in [0.1, 0.15) is 0 Å². The number of benzene rings is 1. The van der Waals surface area contributed by atoms with Crippen LogP contribution in [0.2, 0.25) is 0 Å². The predicted molar refractivity (Wildman–Crippen MR) is 141 cm³/mol. The van der Waals surface area contributed by atoms with Crippen LogP contribution >= 0.6 is 0 Å². The molecule has 2 aromatic heterocycles. The number of carbonyl (C=O) groups excluding carboxylic acids is 1. The van der Waals surface area contributed by atoms with Gasteiger partial charge < -0.3 is 25.2 Å². The summed E-state index contributed by atoms with van der Waals surface area (Å²) in [4.78, 5) is 27.2. The normalized spacial score (nSPS) is 21.4. The van der Waals surface area contributed by atoms with Crippen molar-refractivity contribution in [2.75, 3.05) is 44.7 Å². The van der Waals surface area contributed by atoms with E-state index in [0.717, 1.165) is 42.0 Å². The highest BCUT2D eigenvalue weighted by molar-refractivity contribution is 6.02. The number of aliphatic imine (C=N–C) groups is 1. The van der Waals surface area contributed by atoms with Crippen LogP contribution < -0.4 is 10.6 Å². The lowest BCUT2D eigenvalue weighted by Crippen LogP contribution is -2.68. The number of morpholine rings is 1. The van der Waals surface area contributed by atoms with Crippen LogP contribution in [-0.4, -0.2) is 81.5 Å². The Bertz CT molecular complexity index is 1340. The molecule has 5 heterocycles. The molecular formula is C27H30N8O2. The molecule has 0 aliphatic carbocycles. The maximum atomic E-state index is 14.0. The van der Waals surface area contributed by atoms with Crippen molar-refractivity contribution in [3.8, 4) is 11.3 Å². The Hall–Kier alpha value is -4.18. The number of guanidine groups is 1. The summed E-state index contributed by atoms with van der Waals surface area (Å²) in [6, 6.07) is 13.8. The van der Waals surface area contributed by atoms with Crippen LogP contribution in [0.5, 0.6) is 0 Å². The van der Waals surface area contributed by atoms with Gasteiger partial charge in [-0.25, -0.2) is 4.99 Å². The van der Waals surface area contributed by atoms with Crippen molar-refractivity contribution in [2.24, 2.45) is 12.0 Å². The molecule has 190 valence electrons. The standard InChI is InChI=1S/C27H30N8O2/c1-33-13-8-23(32-33)20-4-2-5-21(18-20)24-19-27(25(36)34-11-3-12-34,30-22-6-9-28-10-7-22)31-26(29-24)35-14-16-37-17-15-35/h2,4-10,13,18-19H,3,11-12,14-17H2,1H3,(H,28,30)(H,29,31). The minimum absolute atomic E-state index is 0.0328. The second-order valence-electron chi connectivity index (χ2n) is 9.46. The maximum absolute atomic E-state index is 14.0. The van der Waals surface area contributed by atoms with Gasteiger partial charge in [-0.2, -0.15) is 5.10 Å². The fraction of sp³-hybridized carbons (Fsp3) is 0.333. The lowest BCUT2D eigenvalue weighted by molar-refractivity contribution is -0.138. The third-order valence-electron chi connectivity index (χ3n) is 6.87. The second kappa shape index (κ2) is 9.70. The van der Waals surface area contributed by atoms with Crippen LogP contribution in [0.4, 0.5) is 5.69 Å². The highest BCUT2D eigenvalue weighted by atomic mass is 16.5. The molecule has 0 bridgehead atoms. The molecule has 2 N–H and O–H groups in total. The number of rotatable bonds is 5. The molecule has 2 fully saturated rings. The van der Waals surface area contributed by atoms with E-state index in [4.69, 9.17) is 9.73 Å². The maximum Gasteiger partial charge on any atom is 0.273 e. The van der Waals surface area contributed by atoms with Crippen LogP contribution in [0.25, 0.3) is 17.0 Å². The van der Waals surface area contributed by atoms with Crippen LogP contribution in [0, 0.1) is 0 Å². The zero-order valence-corrected chi connectivity index (χ0v) is 20.8. The average Bonchev–Trinajstić information content (AvgIpc) is 3.35. The number of aryl methyl sites for hydroxylation is 1. The molecule has 6 rings (SSSR count). The van der Waals surface area contributed by atoms with Crippen molar-refractivity contribution < 1.29 is 9.53 Å². The molecule has 10 nitrogen and oxygen atoms in total. The summed E-state index contributed by atoms with van der Waals surface area (Å²) in [6.07, 6.45) is 8.27. The molecule has 1 aromatic carbocycles. The molecule has 2 saturated heterocycles. The lowest BCUT2D eigenvalue weighted by atomic mass is 9.98. The Morgan fingerprint density at radius 2 is 1.84 bits per heavy atom. The first-order valence-electron chi connectivity index (χ1n) is 12.6. The molecule has 0 spiro atoms. The first-order chi connectivity index (χ1) is 18.1. The van der Waals surface area contributed by atoms with E-state index in [1.807, 2.05) is 60.6 Å². The summed E-state index contributed by atoms with van der Waals surface area (Å²) >= 11 is 0. The van der Waals surface area contributed by atoms with Crippen LogP contribution in [0.3, 0.4) is 0 Å². The van der Waals surface area contributed by atoms with Gasteiger partial charge in [0.15, 0.2) is 0 Å². The molecule has 1 atom stereocenters. The van der Waals surface area contributed by atoms with E-state index in [1.165, 1.54) is 0 Å². The second-order valence-corrected chi connectivity index (χ2v) is 9.46. The number of pyridine rings is 1. The van der Waals surface area contributed by atoms with Crippen LogP contribution in [-0.2, 0) is 16.6 Å². The number of hydrogen-bond donors (Lipinski definition) is 2. The monoisotopic (exact) mass is 498 g/mol. The van der Waals surface area contributed by atoms with Gasteiger partial charge >= 0.3 is 0 Å². The van der Waals surface area contributed by atoms with E-state index >= 15 is 0 Å². The van der Waals surface area contributed by atoms with Gasteiger partial charge in [0.2, 0.25) is 11.6 Å². The summed E-state index contributed by atoms with van der Waals surface area (Å²) in [5.41, 5.74) is 3.07. The minimum Gasteiger partial charge on any atom is -0.378 e. The first kappa shape index (κ1) is 23.2. The smallest absolute Gasteiger partial charge is 0.273 e. The van der Waals surface area contributed by atoms with Gasteiger partial charge in [-0.15, -0.1) is 0 Å². The van der Waals surface area contributed by atoms with Crippen molar-refractivity contribution >= 4 is 23.3 Å². The number of likely N-dealkylation sites (tertiary alicyclic amines) is 1. The van der Waals surface area contributed by atoms with Gasteiger partial charge in [-0.3, -0.25) is 14.5 Å². The number of nitrogens with one attached hydrogen (secondary N) is 2. The number of amides is 1. The zero-order chi connectivity index (χ0) is 25.2.